The highest BCUT2D eigenvalue weighted by atomic mass is 16.5. The molecule has 4 heterocycles. The Balaban J connectivity index is 1.87. The summed E-state index contributed by atoms with van der Waals surface area (Å²) in [6.45, 7) is 3.22. The molecule has 28 heavy (non-hydrogen) atoms. The van der Waals surface area contributed by atoms with Gasteiger partial charge in [0.05, 0.1) is 41.8 Å². The third-order valence-corrected chi connectivity index (χ3v) is 5.38. The van der Waals surface area contributed by atoms with Crippen molar-refractivity contribution in [3.05, 3.63) is 47.5 Å². The molecule has 1 fully saturated rings. The Bertz CT molecular complexity index is 1050. The van der Waals surface area contributed by atoms with Crippen molar-refractivity contribution in [1.82, 2.24) is 14.5 Å². The molecule has 1 aliphatic rings. The van der Waals surface area contributed by atoms with Crippen LogP contribution in [0.4, 0.5) is 0 Å². The van der Waals surface area contributed by atoms with Gasteiger partial charge in [-0.3, -0.25) is 9.78 Å². The molecule has 0 spiro atoms. The first-order valence-electron chi connectivity index (χ1n) is 9.26. The molecule has 2 N–H and O–H groups in total. The second-order valence-corrected chi connectivity index (χ2v) is 7.41. The summed E-state index contributed by atoms with van der Waals surface area (Å²) in [5.74, 6) is -0.399. The number of methoxy groups -OCH3 is 1. The highest BCUT2D eigenvalue weighted by Crippen LogP contribution is 2.36. The summed E-state index contributed by atoms with van der Waals surface area (Å²) >= 11 is 0. The van der Waals surface area contributed by atoms with Gasteiger partial charge in [0.15, 0.2) is 0 Å². The number of hydrogen-bond acceptors (Lipinski definition) is 5. The molecule has 1 amide bonds. The van der Waals surface area contributed by atoms with Crippen LogP contribution in [-0.4, -0.2) is 40.8 Å². The Labute approximate surface area is 163 Å². The molecular formula is C21H24N4O3. The molecule has 0 bridgehead atoms. The van der Waals surface area contributed by atoms with Gasteiger partial charge in [-0.15, -0.1) is 0 Å². The van der Waals surface area contributed by atoms with Gasteiger partial charge in [0, 0.05) is 44.3 Å². The molecule has 1 atom stereocenters. The van der Waals surface area contributed by atoms with Crippen LogP contribution in [0, 0.1) is 6.92 Å². The van der Waals surface area contributed by atoms with Gasteiger partial charge in [-0.2, -0.15) is 0 Å². The SMILES string of the molecule is CO[C@]1(c2cc(C)cc(-c3cn(C)c4cnc(CC(N)=O)cc34)n2)CCOC1. The molecule has 0 aromatic carbocycles. The lowest BCUT2D eigenvalue weighted by molar-refractivity contribution is -0.117. The van der Waals surface area contributed by atoms with Crippen LogP contribution in [0.15, 0.2) is 30.6 Å². The number of rotatable bonds is 5. The molecule has 0 aliphatic carbocycles. The van der Waals surface area contributed by atoms with E-state index in [4.69, 9.17) is 20.2 Å². The quantitative estimate of drug-likeness (QED) is 0.733. The maximum atomic E-state index is 11.3. The highest BCUT2D eigenvalue weighted by molar-refractivity contribution is 5.95. The van der Waals surface area contributed by atoms with Crippen LogP contribution < -0.4 is 5.73 Å². The predicted octanol–water partition coefficient (Wildman–Crippen LogP) is 2.23. The lowest BCUT2D eigenvalue weighted by Gasteiger charge is -2.26. The lowest BCUT2D eigenvalue weighted by Crippen LogP contribution is -2.30. The monoisotopic (exact) mass is 380 g/mol. The Hall–Kier alpha value is -2.77. The van der Waals surface area contributed by atoms with Gasteiger partial charge in [0.1, 0.15) is 5.60 Å². The summed E-state index contributed by atoms with van der Waals surface area (Å²) in [5, 5.41) is 0.993. The molecule has 7 nitrogen and oxygen atoms in total. The normalized spacial score (nSPS) is 19.4. The first-order valence-corrected chi connectivity index (χ1v) is 9.26. The van der Waals surface area contributed by atoms with Crippen molar-refractivity contribution in [1.29, 1.82) is 0 Å². The molecule has 1 aliphatic heterocycles. The number of aromatic nitrogens is 3. The third-order valence-electron chi connectivity index (χ3n) is 5.38. The minimum Gasteiger partial charge on any atom is -0.378 e. The second-order valence-electron chi connectivity index (χ2n) is 7.41. The molecule has 3 aromatic heterocycles. The van der Waals surface area contributed by atoms with E-state index in [9.17, 15) is 4.79 Å². The minimum absolute atomic E-state index is 0.112. The largest absolute Gasteiger partial charge is 0.378 e. The summed E-state index contributed by atoms with van der Waals surface area (Å²) in [7, 11) is 3.68. The summed E-state index contributed by atoms with van der Waals surface area (Å²) in [4.78, 5) is 20.6. The van der Waals surface area contributed by atoms with Crippen molar-refractivity contribution in [2.45, 2.75) is 25.4 Å². The van der Waals surface area contributed by atoms with Crippen molar-refractivity contribution >= 4 is 16.8 Å². The first-order chi connectivity index (χ1) is 13.4. The van der Waals surface area contributed by atoms with Gasteiger partial charge in [-0.05, 0) is 30.7 Å². The molecule has 0 saturated carbocycles. The number of amides is 1. The fraction of sp³-hybridized carbons (Fsp3) is 0.381. The number of primary amides is 1. The fourth-order valence-corrected chi connectivity index (χ4v) is 3.85. The van der Waals surface area contributed by atoms with Gasteiger partial charge in [0.2, 0.25) is 5.91 Å². The van der Waals surface area contributed by atoms with E-state index in [1.165, 1.54) is 0 Å². The zero-order chi connectivity index (χ0) is 19.9. The van der Waals surface area contributed by atoms with E-state index >= 15 is 0 Å². The number of carbonyl (C=O) groups excluding carboxylic acids is 1. The zero-order valence-corrected chi connectivity index (χ0v) is 16.4. The highest BCUT2D eigenvalue weighted by Gasteiger charge is 2.38. The van der Waals surface area contributed by atoms with Crippen LogP contribution in [0.2, 0.25) is 0 Å². The van der Waals surface area contributed by atoms with Crippen LogP contribution >= 0.6 is 0 Å². The second kappa shape index (κ2) is 7.00. The molecule has 4 rings (SSSR count). The molecular weight excluding hydrogens is 356 g/mol. The molecule has 1 saturated heterocycles. The Morgan fingerprint density at radius 2 is 2.21 bits per heavy atom. The summed E-state index contributed by atoms with van der Waals surface area (Å²) in [6, 6.07) is 6.04. The standard InChI is InChI=1S/C21H24N4O3/c1-13-6-17(24-19(7-13)21(27-3)4-5-28-12-21)16-11-25(2)18-10-23-14(8-15(16)18)9-20(22)26/h6-8,10-11H,4-5,9,12H2,1-3H3,(H2,22,26)/t21-/m1/s1. The maximum Gasteiger partial charge on any atom is 0.223 e. The number of carbonyl (C=O) groups is 1. The van der Waals surface area contributed by atoms with Crippen molar-refractivity contribution in [3.8, 4) is 11.3 Å². The lowest BCUT2D eigenvalue weighted by atomic mass is 9.95. The van der Waals surface area contributed by atoms with Crippen LogP contribution in [0.3, 0.4) is 0 Å². The van der Waals surface area contributed by atoms with Gasteiger partial charge >= 0.3 is 0 Å². The van der Waals surface area contributed by atoms with Crippen molar-refractivity contribution in [3.63, 3.8) is 0 Å². The van der Waals surface area contributed by atoms with E-state index in [1.54, 1.807) is 13.3 Å². The summed E-state index contributed by atoms with van der Waals surface area (Å²) in [6.07, 6.45) is 4.70. The van der Waals surface area contributed by atoms with E-state index in [-0.39, 0.29) is 6.42 Å². The number of hydrogen-bond donors (Lipinski definition) is 1. The number of fused-ring (bicyclic) bond motifs is 1. The van der Waals surface area contributed by atoms with E-state index in [0.29, 0.717) is 18.9 Å². The van der Waals surface area contributed by atoms with Gasteiger partial charge in [-0.25, -0.2) is 4.98 Å². The number of aryl methyl sites for hydroxylation is 2. The first kappa shape index (κ1) is 18.6. The van der Waals surface area contributed by atoms with Gasteiger partial charge in [-0.1, -0.05) is 0 Å². The molecule has 7 heteroatoms. The Morgan fingerprint density at radius 1 is 1.39 bits per heavy atom. The van der Waals surface area contributed by atoms with Crippen LogP contribution in [0.5, 0.6) is 0 Å². The van der Waals surface area contributed by atoms with E-state index in [0.717, 1.165) is 39.8 Å². The number of nitrogens with two attached hydrogens (primary N) is 1. The smallest absolute Gasteiger partial charge is 0.223 e. The van der Waals surface area contributed by atoms with E-state index in [2.05, 4.69) is 24.0 Å². The summed E-state index contributed by atoms with van der Waals surface area (Å²) in [5.41, 5.74) is 10.3. The Kier molecular flexibility index (Phi) is 4.64. The van der Waals surface area contributed by atoms with Crippen LogP contribution in [0.25, 0.3) is 22.2 Å². The average Bonchev–Trinajstić information content (AvgIpc) is 3.26. The maximum absolute atomic E-state index is 11.3. The molecule has 0 unspecified atom stereocenters. The van der Waals surface area contributed by atoms with E-state index in [1.807, 2.05) is 23.9 Å². The average molecular weight is 380 g/mol. The van der Waals surface area contributed by atoms with Crippen LogP contribution in [-0.2, 0) is 33.3 Å². The summed E-state index contributed by atoms with van der Waals surface area (Å²) < 4.78 is 13.4. The molecule has 3 aromatic rings. The number of ether oxygens (including phenoxy) is 2. The minimum atomic E-state index is -0.510. The third kappa shape index (κ3) is 3.16. The van der Waals surface area contributed by atoms with Gasteiger partial charge in [0.25, 0.3) is 0 Å². The van der Waals surface area contributed by atoms with Crippen molar-refractivity contribution in [2.24, 2.45) is 12.8 Å². The van der Waals surface area contributed by atoms with Gasteiger partial charge < -0.3 is 19.8 Å². The molecule has 146 valence electrons. The van der Waals surface area contributed by atoms with Crippen LogP contribution in [0.1, 0.15) is 23.4 Å². The van der Waals surface area contributed by atoms with Crippen molar-refractivity contribution < 1.29 is 14.3 Å². The fourth-order valence-electron chi connectivity index (χ4n) is 3.85. The molecule has 0 radical (unpaired) electrons. The zero-order valence-electron chi connectivity index (χ0n) is 16.4. The van der Waals surface area contributed by atoms with E-state index < -0.39 is 11.5 Å². The number of pyridine rings is 2. The number of nitrogens with zero attached hydrogens (tertiary/aromatic N) is 3. The topological polar surface area (TPSA) is 92.3 Å². The van der Waals surface area contributed by atoms with Crippen molar-refractivity contribution in [2.75, 3.05) is 20.3 Å². The predicted molar refractivity (Wildman–Crippen MR) is 106 cm³/mol. The Morgan fingerprint density at radius 3 is 2.89 bits per heavy atom.